The molecule has 6 heteroatoms. The summed E-state index contributed by atoms with van der Waals surface area (Å²) in [4.78, 5) is 28.0. The third kappa shape index (κ3) is 3.15. The quantitative estimate of drug-likeness (QED) is 0.914. The Bertz CT molecular complexity index is 819. The molecule has 0 saturated carbocycles. The van der Waals surface area contributed by atoms with Gasteiger partial charge in [0.1, 0.15) is 10.7 Å². The standard InChI is InChI=1S/C19H28N4OS/c1-4-22-7-9-23(10-8-22)13(3)17-20-18(24)16-14-6-5-12(2)11-15(14)25-19(16)21-17/h12-13H,4-11H2,1-3H3,(H,20,21,24)/t12-,13-/m1/s1. The number of likely N-dealkylation sites (N-methyl/N-ethyl adjacent to an activating group) is 1. The number of nitrogens with one attached hydrogen (secondary N) is 1. The monoisotopic (exact) mass is 360 g/mol. The van der Waals surface area contributed by atoms with Gasteiger partial charge in [-0.05, 0) is 44.2 Å². The van der Waals surface area contributed by atoms with Crippen LogP contribution in [0.25, 0.3) is 10.2 Å². The van der Waals surface area contributed by atoms with E-state index in [9.17, 15) is 4.79 Å². The maximum Gasteiger partial charge on any atom is 0.259 e. The van der Waals surface area contributed by atoms with E-state index in [2.05, 4.69) is 35.6 Å². The number of thiophene rings is 1. The van der Waals surface area contributed by atoms with E-state index in [1.54, 1.807) is 11.3 Å². The Morgan fingerprint density at radius 1 is 1.32 bits per heavy atom. The van der Waals surface area contributed by atoms with Gasteiger partial charge in [-0.1, -0.05) is 13.8 Å². The van der Waals surface area contributed by atoms with Crippen molar-refractivity contribution in [1.29, 1.82) is 0 Å². The van der Waals surface area contributed by atoms with Gasteiger partial charge in [0, 0.05) is 31.1 Å². The van der Waals surface area contributed by atoms with Gasteiger partial charge in [0.2, 0.25) is 0 Å². The summed E-state index contributed by atoms with van der Waals surface area (Å²) in [6.45, 7) is 12.1. The number of rotatable bonds is 3. The predicted molar refractivity (Wildman–Crippen MR) is 104 cm³/mol. The maximum absolute atomic E-state index is 12.8. The average molecular weight is 361 g/mol. The summed E-state index contributed by atoms with van der Waals surface area (Å²) in [7, 11) is 0. The van der Waals surface area contributed by atoms with Gasteiger partial charge in [-0.2, -0.15) is 0 Å². The first-order valence-corrected chi connectivity index (χ1v) is 10.4. The summed E-state index contributed by atoms with van der Waals surface area (Å²) in [5.41, 5.74) is 1.33. The highest BCUT2D eigenvalue weighted by atomic mass is 32.1. The Kier molecular flexibility index (Phi) is 4.69. The fourth-order valence-electron chi connectivity index (χ4n) is 4.20. The topological polar surface area (TPSA) is 52.2 Å². The molecule has 25 heavy (non-hydrogen) atoms. The van der Waals surface area contributed by atoms with Crippen molar-refractivity contribution in [3.05, 3.63) is 26.6 Å². The average Bonchev–Trinajstić information content (AvgIpc) is 2.98. The van der Waals surface area contributed by atoms with Crippen LogP contribution in [0.15, 0.2) is 4.79 Å². The molecule has 2 aromatic heterocycles. The minimum atomic E-state index is 0.0612. The van der Waals surface area contributed by atoms with Crippen LogP contribution in [0, 0.1) is 5.92 Å². The van der Waals surface area contributed by atoms with Crippen LogP contribution in [0.4, 0.5) is 0 Å². The molecule has 1 fully saturated rings. The number of nitrogens with zero attached hydrogens (tertiary/aromatic N) is 3. The van der Waals surface area contributed by atoms with Crippen LogP contribution in [0.5, 0.6) is 0 Å². The van der Waals surface area contributed by atoms with Crippen molar-refractivity contribution in [3.8, 4) is 0 Å². The molecule has 0 unspecified atom stereocenters. The van der Waals surface area contributed by atoms with E-state index in [1.165, 1.54) is 16.9 Å². The number of piperazine rings is 1. The molecule has 2 aromatic rings. The summed E-state index contributed by atoms with van der Waals surface area (Å²) in [6, 6.07) is 0.161. The van der Waals surface area contributed by atoms with Crippen molar-refractivity contribution < 1.29 is 0 Å². The summed E-state index contributed by atoms with van der Waals surface area (Å²) in [5, 5.41) is 0.860. The van der Waals surface area contributed by atoms with Crippen LogP contribution in [0.3, 0.4) is 0 Å². The number of fused-ring (bicyclic) bond motifs is 3. The summed E-state index contributed by atoms with van der Waals surface area (Å²) >= 11 is 1.74. The van der Waals surface area contributed by atoms with Crippen LogP contribution in [-0.2, 0) is 12.8 Å². The minimum absolute atomic E-state index is 0.0612. The Hall–Kier alpha value is -1.24. The van der Waals surface area contributed by atoms with E-state index in [1.807, 2.05) is 0 Å². The smallest absolute Gasteiger partial charge is 0.259 e. The largest absolute Gasteiger partial charge is 0.309 e. The molecule has 136 valence electrons. The van der Waals surface area contributed by atoms with Gasteiger partial charge in [0.15, 0.2) is 0 Å². The number of aryl methyl sites for hydroxylation is 1. The van der Waals surface area contributed by atoms with Crippen LogP contribution >= 0.6 is 11.3 Å². The van der Waals surface area contributed by atoms with Crippen molar-refractivity contribution in [1.82, 2.24) is 19.8 Å². The van der Waals surface area contributed by atoms with Crippen molar-refractivity contribution >= 4 is 21.6 Å². The molecule has 2 atom stereocenters. The van der Waals surface area contributed by atoms with Gasteiger partial charge in [-0.25, -0.2) is 4.98 Å². The first-order valence-electron chi connectivity index (χ1n) is 9.57. The summed E-state index contributed by atoms with van der Waals surface area (Å²) in [6.07, 6.45) is 3.30. The van der Waals surface area contributed by atoms with Gasteiger partial charge in [0.25, 0.3) is 5.56 Å². The van der Waals surface area contributed by atoms with Crippen LogP contribution < -0.4 is 5.56 Å². The predicted octanol–water partition coefficient (Wildman–Crippen LogP) is 2.81. The number of aromatic nitrogens is 2. The molecule has 5 nitrogen and oxygen atoms in total. The zero-order chi connectivity index (χ0) is 17.6. The number of hydrogen-bond acceptors (Lipinski definition) is 5. The van der Waals surface area contributed by atoms with E-state index < -0.39 is 0 Å². The number of hydrogen-bond donors (Lipinski definition) is 1. The van der Waals surface area contributed by atoms with E-state index in [-0.39, 0.29) is 11.6 Å². The molecule has 2 aliphatic rings. The Morgan fingerprint density at radius 2 is 2.08 bits per heavy atom. The van der Waals surface area contributed by atoms with Gasteiger partial charge in [-0.15, -0.1) is 11.3 Å². The van der Waals surface area contributed by atoms with Crippen LogP contribution in [0.2, 0.25) is 0 Å². The lowest BCUT2D eigenvalue weighted by Gasteiger charge is -2.37. The normalized spacial score (nSPS) is 23.7. The van der Waals surface area contributed by atoms with Crippen LogP contribution in [0.1, 0.15) is 49.5 Å². The molecule has 1 aliphatic heterocycles. The molecule has 0 spiro atoms. The lowest BCUT2D eigenvalue weighted by Crippen LogP contribution is -2.47. The Labute approximate surface area is 153 Å². The first-order chi connectivity index (χ1) is 12.1. The second-order valence-electron chi connectivity index (χ2n) is 7.63. The highest BCUT2D eigenvalue weighted by molar-refractivity contribution is 7.18. The lowest BCUT2D eigenvalue weighted by molar-refractivity contribution is 0.103. The van der Waals surface area contributed by atoms with Crippen molar-refractivity contribution in [2.24, 2.45) is 5.92 Å². The molecular formula is C19H28N4OS. The maximum atomic E-state index is 12.8. The SMILES string of the molecule is CCN1CCN([C@H](C)c2nc3sc4c(c3c(=O)[nH]2)CC[C@@H](C)C4)CC1. The van der Waals surface area contributed by atoms with E-state index in [0.717, 1.165) is 61.6 Å². The fraction of sp³-hybridized carbons (Fsp3) is 0.684. The van der Waals surface area contributed by atoms with Gasteiger partial charge < -0.3 is 9.88 Å². The summed E-state index contributed by atoms with van der Waals surface area (Å²) < 4.78 is 0. The molecule has 0 radical (unpaired) electrons. The Morgan fingerprint density at radius 3 is 2.80 bits per heavy atom. The molecule has 1 saturated heterocycles. The molecular weight excluding hydrogens is 332 g/mol. The lowest BCUT2D eigenvalue weighted by atomic mass is 9.89. The molecule has 0 aromatic carbocycles. The fourth-order valence-corrected chi connectivity index (χ4v) is 5.59. The first kappa shape index (κ1) is 17.2. The highest BCUT2D eigenvalue weighted by Crippen LogP contribution is 2.36. The molecule has 3 heterocycles. The van der Waals surface area contributed by atoms with Crippen LogP contribution in [-0.4, -0.2) is 52.5 Å². The van der Waals surface area contributed by atoms with E-state index >= 15 is 0 Å². The number of H-pyrrole nitrogens is 1. The van der Waals surface area contributed by atoms with Crippen molar-refractivity contribution in [3.63, 3.8) is 0 Å². The zero-order valence-corrected chi connectivity index (χ0v) is 16.3. The summed E-state index contributed by atoms with van der Waals surface area (Å²) in [5.74, 6) is 1.54. The highest BCUT2D eigenvalue weighted by Gasteiger charge is 2.26. The molecule has 0 amide bonds. The molecule has 0 bridgehead atoms. The minimum Gasteiger partial charge on any atom is -0.309 e. The third-order valence-corrected chi connectivity index (χ3v) is 7.13. The van der Waals surface area contributed by atoms with Crippen molar-refractivity contribution in [2.45, 2.75) is 46.1 Å². The Balaban J connectivity index is 1.64. The number of aromatic amines is 1. The molecule has 4 rings (SSSR count). The van der Waals surface area contributed by atoms with Gasteiger partial charge >= 0.3 is 0 Å². The van der Waals surface area contributed by atoms with Gasteiger partial charge in [0.05, 0.1) is 11.4 Å². The van der Waals surface area contributed by atoms with Gasteiger partial charge in [-0.3, -0.25) is 9.69 Å². The second kappa shape index (κ2) is 6.82. The second-order valence-corrected chi connectivity index (χ2v) is 8.71. The van der Waals surface area contributed by atoms with E-state index in [0.29, 0.717) is 5.92 Å². The zero-order valence-electron chi connectivity index (χ0n) is 15.5. The third-order valence-electron chi connectivity index (χ3n) is 5.98. The molecule has 1 aliphatic carbocycles. The molecule has 1 N–H and O–H groups in total. The van der Waals surface area contributed by atoms with E-state index in [4.69, 9.17) is 4.98 Å². The van der Waals surface area contributed by atoms with Crippen molar-refractivity contribution in [2.75, 3.05) is 32.7 Å².